The molecular weight excluding hydrogens is 318 g/mol. The van der Waals surface area contributed by atoms with Crippen LogP contribution in [-0.4, -0.2) is 30.3 Å². The van der Waals surface area contributed by atoms with Crippen molar-refractivity contribution in [2.24, 2.45) is 0 Å². The standard InChI is InChI=1S/C17H16ClNO4/c1-3-22-14-7-12(10-20)13(9-15(14)23-4-2)17(21)11-5-6-19-16(18)8-11/h5-10H,3-4H2,1-2H3. The molecule has 0 spiro atoms. The van der Waals surface area contributed by atoms with E-state index in [9.17, 15) is 9.59 Å². The van der Waals surface area contributed by atoms with Gasteiger partial charge >= 0.3 is 0 Å². The summed E-state index contributed by atoms with van der Waals surface area (Å²) in [6, 6.07) is 6.03. The van der Waals surface area contributed by atoms with E-state index in [2.05, 4.69) is 4.98 Å². The Morgan fingerprint density at radius 3 is 2.39 bits per heavy atom. The minimum Gasteiger partial charge on any atom is -0.490 e. The number of hydrogen-bond donors (Lipinski definition) is 0. The monoisotopic (exact) mass is 333 g/mol. The van der Waals surface area contributed by atoms with Crippen LogP contribution in [-0.2, 0) is 0 Å². The quantitative estimate of drug-likeness (QED) is 0.440. The molecule has 0 aliphatic heterocycles. The highest BCUT2D eigenvalue weighted by Gasteiger charge is 2.19. The van der Waals surface area contributed by atoms with Crippen LogP contribution in [0.25, 0.3) is 0 Å². The molecule has 0 saturated heterocycles. The second-order valence-electron chi connectivity index (χ2n) is 4.57. The number of carbonyl (C=O) groups excluding carboxylic acids is 2. The summed E-state index contributed by atoms with van der Waals surface area (Å²) >= 11 is 5.82. The van der Waals surface area contributed by atoms with E-state index >= 15 is 0 Å². The molecule has 1 aromatic carbocycles. The van der Waals surface area contributed by atoms with Crippen molar-refractivity contribution in [3.05, 3.63) is 52.3 Å². The largest absolute Gasteiger partial charge is 0.490 e. The Morgan fingerprint density at radius 2 is 1.83 bits per heavy atom. The first-order chi connectivity index (χ1) is 11.1. The maximum absolute atomic E-state index is 12.7. The van der Waals surface area contributed by atoms with E-state index in [0.717, 1.165) is 0 Å². The van der Waals surface area contributed by atoms with Gasteiger partial charge in [0.05, 0.1) is 13.2 Å². The van der Waals surface area contributed by atoms with E-state index in [0.29, 0.717) is 36.6 Å². The van der Waals surface area contributed by atoms with Gasteiger partial charge in [0.15, 0.2) is 23.6 Å². The van der Waals surface area contributed by atoms with Crippen molar-refractivity contribution < 1.29 is 19.1 Å². The molecule has 0 radical (unpaired) electrons. The topological polar surface area (TPSA) is 65.5 Å². The molecule has 0 aliphatic carbocycles. The Bertz CT molecular complexity index is 731. The van der Waals surface area contributed by atoms with Gasteiger partial charge in [-0.1, -0.05) is 11.6 Å². The highest BCUT2D eigenvalue weighted by molar-refractivity contribution is 6.30. The summed E-state index contributed by atoms with van der Waals surface area (Å²) in [6.07, 6.45) is 2.06. The molecule has 0 N–H and O–H groups in total. The number of aldehydes is 1. The van der Waals surface area contributed by atoms with Gasteiger partial charge in [-0.3, -0.25) is 9.59 Å². The molecule has 6 heteroatoms. The van der Waals surface area contributed by atoms with Crippen LogP contribution in [0, 0.1) is 0 Å². The van der Waals surface area contributed by atoms with Crippen LogP contribution in [0.1, 0.15) is 40.1 Å². The number of rotatable bonds is 7. The van der Waals surface area contributed by atoms with Gasteiger partial charge in [0, 0.05) is 22.9 Å². The van der Waals surface area contributed by atoms with Crippen LogP contribution in [0.4, 0.5) is 0 Å². The van der Waals surface area contributed by atoms with Crippen molar-refractivity contribution in [1.29, 1.82) is 0 Å². The average molecular weight is 334 g/mol. The predicted molar refractivity (Wildman–Crippen MR) is 86.8 cm³/mol. The predicted octanol–water partition coefficient (Wildman–Crippen LogP) is 3.58. The maximum atomic E-state index is 12.7. The summed E-state index contributed by atoms with van der Waals surface area (Å²) in [5.74, 6) is 0.518. The van der Waals surface area contributed by atoms with Crippen LogP contribution in [0.5, 0.6) is 11.5 Å². The second-order valence-corrected chi connectivity index (χ2v) is 4.95. The molecule has 2 rings (SSSR count). The van der Waals surface area contributed by atoms with Gasteiger partial charge < -0.3 is 9.47 Å². The number of pyridine rings is 1. The Balaban J connectivity index is 2.53. The first-order valence-corrected chi connectivity index (χ1v) is 7.53. The van der Waals surface area contributed by atoms with Crippen molar-refractivity contribution in [3.8, 4) is 11.5 Å². The smallest absolute Gasteiger partial charge is 0.194 e. The lowest BCUT2D eigenvalue weighted by molar-refractivity contribution is 0.102. The number of hydrogen-bond acceptors (Lipinski definition) is 5. The van der Waals surface area contributed by atoms with E-state index in [1.807, 2.05) is 13.8 Å². The molecular formula is C17H16ClNO4. The number of ketones is 1. The van der Waals surface area contributed by atoms with Crippen LogP contribution in [0.2, 0.25) is 5.15 Å². The zero-order valence-corrected chi connectivity index (χ0v) is 13.6. The molecule has 0 fully saturated rings. The molecule has 1 heterocycles. The Kier molecular flexibility index (Phi) is 5.71. The van der Waals surface area contributed by atoms with E-state index < -0.39 is 0 Å². The van der Waals surface area contributed by atoms with Crippen molar-refractivity contribution in [3.63, 3.8) is 0 Å². The number of halogens is 1. The minimum absolute atomic E-state index is 0.208. The number of carbonyl (C=O) groups is 2. The SMILES string of the molecule is CCOc1cc(C=O)c(C(=O)c2ccnc(Cl)c2)cc1OCC. The Hall–Kier alpha value is -2.40. The lowest BCUT2D eigenvalue weighted by Crippen LogP contribution is -2.08. The molecule has 0 atom stereocenters. The van der Waals surface area contributed by atoms with Crippen molar-refractivity contribution >= 4 is 23.7 Å². The summed E-state index contributed by atoms with van der Waals surface area (Å²) in [7, 11) is 0. The summed E-state index contributed by atoms with van der Waals surface area (Å²) < 4.78 is 11.0. The molecule has 120 valence electrons. The fourth-order valence-corrected chi connectivity index (χ4v) is 2.28. The van der Waals surface area contributed by atoms with Crippen LogP contribution >= 0.6 is 11.6 Å². The zero-order valence-electron chi connectivity index (χ0n) is 12.8. The fraction of sp³-hybridized carbons (Fsp3) is 0.235. The maximum Gasteiger partial charge on any atom is 0.194 e. The number of aromatic nitrogens is 1. The van der Waals surface area contributed by atoms with Gasteiger partial charge in [-0.05, 0) is 38.1 Å². The highest BCUT2D eigenvalue weighted by Crippen LogP contribution is 2.32. The average Bonchev–Trinajstić information content (AvgIpc) is 2.55. The minimum atomic E-state index is -0.333. The van der Waals surface area contributed by atoms with Gasteiger partial charge in [-0.25, -0.2) is 4.98 Å². The Labute approximate surface area is 139 Å². The van der Waals surface area contributed by atoms with Gasteiger partial charge in [0.1, 0.15) is 5.15 Å². The summed E-state index contributed by atoms with van der Waals surface area (Å²) in [6.45, 7) is 4.49. The molecule has 1 aromatic heterocycles. The van der Waals surface area contributed by atoms with E-state index in [1.165, 1.54) is 24.4 Å². The normalized spacial score (nSPS) is 10.2. The third-order valence-corrected chi connectivity index (χ3v) is 3.28. The fourth-order valence-electron chi connectivity index (χ4n) is 2.11. The second kappa shape index (κ2) is 7.74. The van der Waals surface area contributed by atoms with Gasteiger partial charge in [0.25, 0.3) is 0 Å². The third kappa shape index (κ3) is 3.87. The summed E-state index contributed by atoms with van der Waals surface area (Å²) in [4.78, 5) is 27.9. The molecule has 23 heavy (non-hydrogen) atoms. The van der Waals surface area contributed by atoms with Gasteiger partial charge in [-0.2, -0.15) is 0 Å². The lowest BCUT2D eigenvalue weighted by Gasteiger charge is -2.14. The number of benzene rings is 1. The highest BCUT2D eigenvalue weighted by atomic mass is 35.5. The first kappa shape index (κ1) is 17.0. The lowest BCUT2D eigenvalue weighted by atomic mass is 9.99. The number of nitrogens with zero attached hydrogens (tertiary/aromatic N) is 1. The summed E-state index contributed by atoms with van der Waals surface area (Å²) in [5.41, 5.74) is 0.809. The molecule has 0 saturated carbocycles. The first-order valence-electron chi connectivity index (χ1n) is 7.15. The van der Waals surface area contributed by atoms with Crippen molar-refractivity contribution in [1.82, 2.24) is 4.98 Å². The van der Waals surface area contributed by atoms with Gasteiger partial charge in [-0.15, -0.1) is 0 Å². The molecule has 2 aromatic rings. The van der Waals surface area contributed by atoms with E-state index in [-0.39, 0.29) is 22.1 Å². The van der Waals surface area contributed by atoms with Crippen LogP contribution in [0.15, 0.2) is 30.5 Å². The van der Waals surface area contributed by atoms with E-state index in [4.69, 9.17) is 21.1 Å². The number of ether oxygens (including phenoxy) is 2. The zero-order chi connectivity index (χ0) is 16.8. The molecule has 0 unspecified atom stereocenters. The van der Waals surface area contributed by atoms with Crippen molar-refractivity contribution in [2.45, 2.75) is 13.8 Å². The Morgan fingerprint density at radius 1 is 1.17 bits per heavy atom. The van der Waals surface area contributed by atoms with E-state index in [1.54, 1.807) is 6.07 Å². The molecule has 5 nitrogen and oxygen atoms in total. The van der Waals surface area contributed by atoms with Crippen molar-refractivity contribution in [2.75, 3.05) is 13.2 Å². The summed E-state index contributed by atoms with van der Waals surface area (Å²) in [5, 5.41) is 0.208. The third-order valence-electron chi connectivity index (χ3n) is 3.08. The molecule has 0 amide bonds. The molecule has 0 bridgehead atoms. The van der Waals surface area contributed by atoms with Crippen LogP contribution < -0.4 is 9.47 Å². The molecule has 0 aliphatic rings. The van der Waals surface area contributed by atoms with Gasteiger partial charge in [0.2, 0.25) is 0 Å². The van der Waals surface area contributed by atoms with Crippen LogP contribution in [0.3, 0.4) is 0 Å².